The number of nitrogens with zero attached hydrogens (tertiary/aromatic N) is 1. The monoisotopic (exact) mass is 324 g/mol. The van der Waals surface area contributed by atoms with Crippen molar-refractivity contribution in [3.63, 3.8) is 0 Å². The molecule has 122 valence electrons. The third kappa shape index (κ3) is 5.46. The Morgan fingerprint density at radius 1 is 1.25 bits per heavy atom. The molecule has 0 saturated carbocycles. The van der Waals surface area contributed by atoms with Crippen LogP contribution in [-0.4, -0.2) is 17.6 Å². The van der Waals surface area contributed by atoms with E-state index < -0.39 is 11.0 Å². The predicted octanol–water partition coefficient (Wildman–Crippen LogP) is 3.18. The molecule has 6 nitrogen and oxygen atoms in total. The first-order chi connectivity index (χ1) is 11.5. The van der Waals surface area contributed by atoms with Gasteiger partial charge in [-0.05, 0) is 24.1 Å². The predicted molar refractivity (Wildman–Crippen MR) is 89.3 cm³/mol. The Labute approximate surface area is 139 Å². The second kappa shape index (κ2) is 8.34. The van der Waals surface area contributed by atoms with Crippen molar-refractivity contribution in [3.8, 4) is 11.8 Å². The molecule has 0 atom stereocenters. The van der Waals surface area contributed by atoms with Crippen molar-refractivity contribution in [1.82, 2.24) is 5.32 Å². The Morgan fingerprint density at radius 2 is 2.00 bits per heavy atom. The molecule has 0 unspecified atom stereocenters. The molecule has 2 aromatic carbocycles. The lowest BCUT2D eigenvalue weighted by Gasteiger charge is -2.04. The fourth-order valence-corrected chi connectivity index (χ4v) is 1.98. The number of amides is 1. The van der Waals surface area contributed by atoms with Crippen LogP contribution in [0.5, 0.6) is 0 Å². The van der Waals surface area contributed by atoms with Crippen molar-refractivity contribution >= 4 is 11.8 Å². The van der Waals surface area contributed by atoms with Crippen molar-refractivity contribution in [3.05, 3.63) is 75.3 Å². The molecule has 0 aromatic heterocycles. The van der Waals surface area contributed by atoms with E-state index in [0.29, 0.717) is 5.56 Å². The number of rotatable bonds is 4. The van der Waals surface area contributed by atoms with E-state index in [2.05, 4.69) is 17.2 Å². The number of benzene rings is 2. The minimum atomic E-state index is -0.566. The SMILES string of the molecule is Cc1cc(C#CCNC(=O)OCc2ccccc2)cc([N+](=O)[O-])c1. The van der Waals surface area contributed by atoms with E-state index in [1.807, 2.05) is 30.3 Å². The number of ether oxygens (including phenoxy) is 1. The molecular weight excluding hydrogens is 308 g/mol. The molecule has 2 rings (SSSR count). The number of nitrogens with one attached hydrogen (secondary N) is 1. The molecule has 0 aliphatic rings. The average molecular weight is 324 g/mol. The van der Waals surface area contributed by atoms with E-state index in [9.17, 15) is 14.9 Å². The second-order valence-electron chi connectivity index (χ2n) is 5.03. The minimum Gasteiger partial charge on any atom is -0.445 e. The first-order valence-corrected chi connectivity index (χ1v) is 7.24. The Morgan fingerprint density at radius 3 is 2.71 bits per heavy atom. The molecule has 0 heterocycles. The Bertz CT molecular complexity index is 792. The van der Waals surface area contributed by atoms with Gasteiger partial charge < -0.3 is 10.1 Å². The van der Waals surface area contributed by atoms with Crippen LogP contribution in [0.4, 0.5) is 10.5 Å². The molecule has 6 heteroatoms. The highest BCUT2D eigenvalue weighted by Gasteiger charge is 2.06. The lowest BCUT2D eigenvalue weighted by Crippen LogP contribution is -2.24. The van der Waals surface area contributed by atoms with Gasteiger partial charge in [0.2, 0.25) is 0 Å². The first kappa shape index (κ1) is 17.0. The van der Waals surface area contributed by atoms with Crippen LogP contribution in [0.1, 0.15) is 16.7 Å². The van der Waals surface area contributed by atoms with E-state index in [4.69, 9.17) is 4.74 Å². The van der Waals surface area contributed by atoms with Crippen LogP contribution >= 0.6 is 0 Å². The summed E-state index contributed by atoms with van der Waals surface area (Å²) >= 11 is 0. The summed E-state index contributed by atoms with van der Waals surface area (Å²) in [7, 11) is 0. The molecule has 0 spiro atoms. The number of nitro benzene ring substituents is 1. The van der Waals surface area contributed by atoms with E-state index >= 15 is 0 Å². The number of nitro groups is 1. The van der Waals surface area contributed by atoms with Crippen molar-refractivity contribution < 1.29 is 14.5 Å². The largest absolute Gasteiger partial charge is 0.445 e. The van der Waals surface area contributed by atoms with Crippen LogP contribution in [-0.2, 0) is 11.3 Å². The summed E-state index contributed by atoms with van der Waals surface area (Å²) in [6.07, 6.45) is -0.566. The molecule has 0 radical (unpaired) electrons. The molecule has 1 N–H and O–H groups in total. The molecule has 24 heavy (non-hydrogen) atoms. The quantitative estimate of drug-likeness (QED) is 0.532. The summed E-state index contributed by atoms with van der Waals surface area (Å²) in [6.45, 7) is 2.04. The van der Waals surface area contributed by atoms with Crippen molar-refractivity contribution in [1.29, 1.82) is 0 Å². The maximum absolute atomic E-state index is 11.5. The van der Waals surface area contributed by atoms with Crippen LogP contribution in [0, 0.1) is 28.9 Å². The van der Waals surface area contributed by atoms with Gasteiger partial charge in [0, 0.05) is 17.7 Å². The Hall–Kier alpha value is -3.33. The zero-order valence-electron chi connectivity index (χ0n) is 13.1. The van der Waals surface area contributed by atoms with E-state index in [1.165, 1.54) is 12.1 Å². The van der Waals surface area contributed by atoms with Gasteiger partial charge in [-0.2, -0.15) is 0 Å². The van der Waals surface area contributed by atoms with Crippen LogP contribution in [0.2, 0.25) is 0 Å². The summed E-state index contributed by atoms with van der Waals surface area (Å²) in [5.74, 6) is 5.52. The van der Waals surface area contributed by atoms with Gasteiger partial charge in [-0.3, -0.25) is 10.1 Å². The van der Waals surface area contributed by atoms with E-state index in [-0.39, 0.29) is 18.8 Å². The smallest absolute Gasteiger partial charge is 0.408 e. The van der Waals surface area contributed by atoms with Gasteiger partial charge in [-0.15, -0.1) is 0 Å². The van der Waals surface area contributed by atoms with Crippen LogP contribution < -0.4 is 5.32 Å². The second-order valence-corrected chi connectivity index (χ2v) is 5.03. The summed E-state index contributed by atoms with van der Waals surface area (Å²) in [5, 5.41) is 13.3. The number of carbonyl (C=O) groups is 1. The summed E-state index contributed by atoms with van der Waals surface area (Å²) in [6, 6.07) is 13.9. The van der Waals surface area contributed by atoms with Crippen LogP contribution in [0.15, 0.2) is 48.5 Å². The summed E-state index contributed by atoms with van der Waals surface area (Å²) in [5.41, 5.74) is 2.17. The van der Waals surface area contributed by atoms with Gasteiger partial charge >= 0.3 is 6.09 Å². The van der Waals surface area contributed by atoms with E-state index in [1.54, 1.807) is 13.0 Å². The number of alkyl carbamates (subject to hydrolysis) is 1. The standard InChI is InChI=1S/C18H16N2O4/c1-14-10-16(12-17(11-14)20(22)23)8-5-9-19-18(21)24-13-15-6-3-2-4-7-15/h2-4,6-7,10-12H,9,13H2,1H3,(H,19,21). The van der Waals surface area contributed by atoms with Gasteiger partial charge in [0.1, 0.15) is 6.61 Å². The lowest BCUT2D eigenvalue weighted by atomic mass is 10.1. The van der Waals surface area contributed by atoms with E-state index in [0.717, 1.165) is 11.1 Å². The molecule has 0 aliphatic heterocycles. The fourth-order valence-electron chi connectivity index (χ4n) is 1.98. The topological polar surface area (TPSA) is 81.5 Å². The fraction of sp³-hybridized carbons (Fsp3) is 0.167. The maximum Gasteiger partial charge on any atom is 0.408 e. The lowest BCUT2D eigenvalue weighted by molar-refractivity contribution is -0.384. The molecule has 0 fully saturated rings. The van der Waals surface area contributed by atoms with Gasteiger partial charge in [0.25, 0.3) is 5.69 Å². The number of hydrogen-bond acceptors (Lipinski definition) is 4. The van der Waals surface area contributed by atoms with Crippen molar-refractivity contribution in [2.24, 2.45) is 0 Å². The number of hydrogen-bond donors (Lipinski definition) is 1. The average Bonchev–Trinajstić information content (AvgIpc) is 2.57. The maximum atomic E-state index is 11.5. The third-order valence-corrected chi connectivity index (χ3v) is 3.04. The summed E-state index contributed by atoms with van der Waals surface area (Å²) in [4.78, 5) is 21.9. The van der Waals surface area contributed by atoms with Crippen LogP contribution in [0.3, 0.4) is 0 Å². The van der Waals surface area contributed by atoms with Gasteiger partial charge in [-0.1, -0.05) is 42.2 Å². The molecule has 0 saturated heterocycles. The Kier molecular flexibility index (Phi) is 5.92. The highest BCUT2D eigenvalue weighted by Crippen LogP contribution is 2.15. The zero-order chi connectivity index (χ0) is 17.4. The van der Waals surface area contributed by atoms with Gasteiger partial charge in [0.05, 0.1) is 11.5 Å². The Balaban J connectivity index is 1.83. The molecular formula is C18H16N2O4. The number of aryl methyl sites for hydroxylation is 1. The zero-order valence-corrected chi connectivity index (χ0v) is 13.1. The summed E-state index contributed by atoms with van der Waals surface area (Å²) < 4.78 is 5.04. The van der Waals surface area contributed by atoms with Crippen molar-refractivity contribution in [2.75, 3.05) is 6.54 Å². The third-order valence-electron chi connectivity index (χ3n) is 3.04. The molecule has 2 aromatic rings. The van der Waals surface area contributed by atoms with Gasteiger partial charge in [0.15, 0.2) is 0 Å². The molecule has 0 bridgehead atoms. The molecule has 0 aliphatic carbocycles. The van der Waals surface area contributed by atoms with Gasteiger partial charge in [-0.25, -0.2) is 4.79 Å². The number of non-ortho nitro benzene ring substituents is 1. The van der Waals surface area contributed by atoms with Crippen LogP contribution in [0.25, 0.3) is 0 Å². The minimum absolute atomic E-state index is 0.00506. The normalized spacial score (nSPS) is 9.54. The highest BCUT2D eigenvalue weighted by molar-refractivity contribution is 5.67. The highest BCUT2D eigenvalue weighted by atomic mass is 16.6. The first-order valence-electron chi connectivity index (χ1n) is 7.24. The molecule has 1 amide bonds. The van der Waals surface area contributed by atoms with Crippen molar-refractivity contribution in [2.45, 2.75) is 13.5 Å². The number of carbonyl (C=O) groups excluding carboxylic acids is 1.